The van der Waals surface area contributed by atoms with Crippen LogP contribution in [0.1, 0.15) is 23.7 Å². The summed E-state index contributed by atoms with van der Waals surface area (Å²) >= 11 is 0. The van der Waals surface area contributed by atoms with Gasteiger partial charge in [-0.25, -0.2) is 0 Å². The van der Waals surface area contributed by atoms with Crippen molar-refractivity contribution in [1.82, 2.24) is 20.0 Å². The molecule has 88 valence electrons. The average Bonchev–Trinajstić information content (AvgIpc) is 2.86. The number of hydrogen-bond acceptors (Lipinski definition) is 4. The molecule has 2 aliphatic rings. The number of nitrogens with zero attached hydrogens (tertiary/aromatic N) is 3. The van der Waals surface area contributed by atoms with Crippen molar-refractivity contribution in [2.75, 3.05) is 32.4 Å². The number of rotatable bonds is 1. The van der Waals surface area contributed by atoms with Gasteiger partial charge in [-0.3, -0.25) is 4.68 Å². The number of nitrogens with two attached hydrogens (primary N) is 1. The van der Waals surface area contributed by atoms with E-state index in [1.54, 1.807) is 0 Å². The van der Waals surface area contributed by atoms with E-state index in [2.05, 4.69) is 27.0 Å². The van der Waals surface area contributed by atoms with Gasteiger partial charge in [0.1, 0.15) is 5.82 Å². The van der Waals surface area contributed by atoms with E-state index < -0.39 is 0 Å². The smallest absolute Gasteiger partial charge is 0.149 e. The summed E-state index contributed by atoms with van der Waals surface area (Å²) in [5.41, 5.74) is 8.62. The fourth-order valence-electron chi connectivity index (χ4n) is 2.75. The van der Waals surface area contributed by atoms with Gasteiger partial charge in [0.15, 0.2) is 0 Å². The number of likely N-dealkylation sites (N-methyl/N-ethyl adjacent to an activating group) is 1. The molecule has 1 aromatic heterocycles. The number of aromatic nitrogens is 2. The quantitative estimate of drug-likeness (QED) is 0.700. The van der Waals surface area contributed by atoms with Crippen molar-refractivity contribution >= 4 is 5.82 Å². The van der Waals surface area contributed by atoms with Crippen LogP contribution in [0.2, 0.25) is 0 Å². The van der Waals surface area contributed by atoms with E-state index in [9.17, 15) is 0 Å². The first-order chi connectivity index (χ1) is 7.75. The minimum Gasteiger partial charge on any atom is -0.382 e. The van der Waals surface area contributed by atoms with Gasteiger partial charge in [0.25, 0.3) is 0 Å². The molecule has 3 heterocycles. The molecule has 1 saturated heterocycles. The molecule has 0 amide bonds. The molecule has 0 radical (unpaired) electrons. The summed E-state index contributed by atoms with van der Waals surface area (Å²) in [5.74, 6) is 0.745. The van der Waals surface area contributed by atoms with Gasteiger partial charge in [-0.2, -0.15) is 5.10 Å². The van der Waals surface area contributed by atoms with Crippen LogP contribution >= 0.6 is 0 Å². The van der Waals surface area contributed by atoms with Crippen LogP contribution in [0.3, 0.4) is 0 Å². The minimum absolute atomic E-state index is 0.498. The maximum Gasteiger partial charge on any atom is 0.149 e. The third kappa shape index (κ3) is 1.51. The molecule has 1 unspecified atom stereocenters. The maximum atomic E-state index is 6.00. The third-order valence-electron chi connectivity index (χ3n) is 3.69. The molecule has 16 heavy (non-hydrogen) atoms. The van der Waals surface area contributed by atoms with Gasteiger partial charge in [-0.05, 0) is 26.4 Å². The molecule has 3 N–H and O–H groups in total. The van der Waals surface area contributed by atoms with Gasteiger partial charge >= 0.3 is 0 Å². The summed E-state index contributed by atoms with van der Waals surface area (Å²) in [7, 11) is 2.16. The van der Waals surface area contributed by atoms with Gasteiger partial charge < -0.3 is 16.0 Å². The summed E-state index contributed by atoms with van der Waals surface area (Å²) in [5, 5.41) is 7.92. The summed E-state index contributed by atoms with van der Waals surface area (Å²) in [6, 6.07) is 0.498. The van der Waals surface area contributed by atoms with Crippen LogP contribution in [-0.2, 0) is 13.0 Å². The molecule has 0 aromatic carbocycles. The molecule has 1 atom stereocenters. The molecular weight excluding hydrogens is 202 g/mol. The zero-order valence-corrected chi connectivity index (χ0v) is 9.74. The number of fused-ring (bicyclic) bond motifs is 1. The Kier molecular flexibility index (Phi) is 2.37. The number of nitrogen functional groups attached to an aromatic ring is 1. The first kappa shape index (κ1) is 10.1. The molecule has 3 rings (SSSR count). The van der Waals surface area contributed by atoms with Crippen molar-refractivity contribution in [3.8, 4) is 0 Å². The monoisotopic (exact) mass is 221 g/mol. The lowest BCUT2D eigenvalue weighted by Gasteiger charge is -2.24. The van der Waals surface area contributed by atoms with Crippen molar-refractivity contribution in [1.29, 1.82) is 0 Å². The van der Waals surface area contributed by atoms with Gasteiger partial charge in [-0.15, -0.1) is 0 Å². The summed E-state index contributed by atoms with van der Waals surface area (Å²) in [6.07, 6.45) is 2.20. The van der Waals surface area contributed by atoms with Crippen LogP contribution in [0.25, 0.3) is 0 Å². The Morgan fingerprint density at radius 3 is 3.12 bits per heavy atom. The van der Waals surface area contributed by atoms with E-state index in [4.69, 9.17) is 5.73 Å². The SMILES string of the molecule is CN1CCc2c(N)nn(C3CCNC3)c2C1. The molecule has 1 aromatic rings. The largest absolute Gasteiger partial charge is 0.382 e. The summed E-state index contributed by atoms with van der Waals surface area (Å²) in [6.45, 7) is 4.19. The molecule has 2 aliphatic heterocycles. The molecule has 0 bridgehead atoms. The average molecular weight is 221 g/mol. The predicted octanol–water partition coefficient (Wildman–Crippen LogP) is -0.0124. The van der Waals surface area contributed by atoms with Crippen molar-refractivity contribution in [2.24, 2.45) is 0 Å². The highest BCUT2D eigenvalue weighted by molar-refractivity contribution is 5.44. The Hall–Kier alpha value is -1.07. The maximum absolute atomic E-state index is 6.00. The zero-order chi connectivity index (χ0) is 11.1. The Balaban J connectivity index is 1.98. The second-order valence-electron chi connectivity index (χ2n) is 4.89. The second kappa shape index (κ2) is 3.75. The van der Waals surface area contributed by atoms with Crippen LogP contribution in [0, 0.1) is 0 Å². The van der Waals surface area contributed by atoms with E-state index in [0.29, 0.717) is 6.04 Å². The molecule has 0 aliphatic carbocycles. The second-order valence-corrected chi connectivity index (χ2v) is 4.89. The molecule has 0 saturated carbocycles. The van der Waals surface area contributed by atoms with Crippen LogP contribution in [0.5, 0.6) is 0 Å². The van der Waals surface area contributed by atoms with Crippen LogP contribution in [0.4, 0.5) is 5.82 Å². The number of nitrogens with one attached hydrogen (secondary N) is 1. The lowest BCUT2D eigenvalue weighted by atomic mass is 10.1. The molecule has 1 fully saturated rings. The standard InChI is InChI=1S/C11H19N5/c1-15-5-3-9-10(7-15)16(14-11(9)12)8-2-4-13-6-8/h8,13H,2-7H2,1H3,(H2,12,14). The normalized spacial score (nSPS) is 25.9. The van der Waals surface area contributed by atoms with E-state index >= 15 is 0 Å². The Bertz CT molecular complexity index is 391. The Morgan fingerprint density at radius 2 is 2.38 bits per heavy atom. The van der Waals surface area contributed by atoms with Gasteiger partial charge in [0.05, 0.1) is 11.7 Å². The highest BCUT2D eigenvalue weighted by atomic mass is 15.4. The summed E-state index contributed by atoms with van der Waals surface area (Å²) in [4.78, 5) is 2.34. The molecule has 0 spiro atoms. The first-order valence-corrected chi connectivity index (χ1v) is 6.00. The van der Waals surface area contributed by atoms with Crippen molar-refractivity contribution < 1.29 is 0 Å². The highest BCUT2D eigenvalue weighted by Gasteiger charge is 2.27. The van der Waals surface area contributed by atoms with Crippen LogP contribution < -0.4 is 11.1 Å². The number of hydrogen-bond donors (Lipinski definition) is 2. The Labute approximate surface area is 95.6 Å². The highest BCUT2D eigenvalue weighted by Crippen LogP contribution is 2.27. The van der Waals surface area contributed by atoms with E-state index in [1.165, 1.54) is 11.3 Å². The van der Waals surface area contributed by atoms with Crippen molar-refractivity contribution in [3.05, 3.63) is 11.3 Å². The fourth-order valence-corrected chi connectivity index (χ4v) is 2.75. The Morgan fingerprint density at radius 1 is 1.50 bits per heavy atom. The number of anilines is 1. The van der Waals surface area contributed by atoms with Gasteiger partial charge in [0.2, 0.25) is 0 Å². The molecular formula is C11H19N5. The fraction of sp³-hybridized carbons (Fsp3) is 0.727. The molecule has 5 nitrogen and oxygen atoms in total. The predicted molar refractivity (Wildman–Crippen MR) is 63.2 cm³/mol. The topological polar surface area (TPSA) is 59.1 Å². The third-order valence-corrected chi connectivity index (χ3v) is 3.69. The summed E-state index contributed by atoms with van der Waals surface area (Å²) < 4.78 is 2.17. The lowest BCUT2D eigenvalue weighted by Crippen LogP contribution is -2.29. The van der Waals surface area contributed by atoms with Crippen molar-refractivity contribution in [3.63, 3.8) is 0 Å². The van der Waals surface area contributed by atoms with E-state index in [0.717, 1.165) is 44.8 Å². The van der Waals surface area contributed by atoms with Crippen LogP contribution in [-0.4, -0.2) is 41.4 Å². The molecule has 5 heteroatoms. The lowest BCUT2D eigenvalue weighted by molar-refractivity contribution is 0.294. The van der Waals surface area contributed by atoms with Gasteiger partial charge in [-0.1, -0.05) is 0 Å². The van der Waals surface area contributed by atoms with E-state index in [1.807, 2.05) is 0 Å². The van der Waals surface area contributed by atoms with E-state index in [-0.39, 0.29) is 0 Å². The zero-order valence-electron chi connectivity index (χ0n) is 9.74. The minimum atomic E-state index is 0.498. The first-order valence-electron chi connectivity index (χ1n) is 6.00. The van der Waals surface area contributed by atoms with Crippen LogP contribution in [0.15, 0.2) is 0 Å². The van der Waals surface area contributed by atoms with Crippen molar-refractivity contribution in [2.45, 2.75) is 25.4 Å². The van der Waals surface area contributed by atoms with Gasteiger partial charge in [0, 0.05) is 25.2 Å².